The lowest BCUT2D eigenvalue weighted by atomic mass is 9.91. The van der Waals surface area contributed by atoms with Crippen LogP contribution in [0, 0.1) is 13.8 Å². The molecule has 1 aromatic heterocycles. The Kier molecular flexibility index (Phi) is 18.0. The molecule has 0 saturated heterocycles. The zero-order valence-corrected chi connectivity index (χ0v) is 27.7. The number of hydrogen-bond acceptors (Lipinski definition) is 5. The van der Waals surface area contributed by atoms with Gasteiger partial charge in [0.25, 0.3) is 0 Å². The Morgan fingerprint density at radius 3 is 2.31 bits per heavy atom. The normalized spacial score (nSPS) is 13.0. The second kappa shape index (κ2) is 20.9. The second-order valence-electron chi connectivity index (χ2n) is 9.27. The summed E-state index contributed by atoms with van der Waals surface area (Å²) in [4.78, 5) is 14.4. The van der Waals surface area contributed by atoms with Gasteiger partial charge >= 0.3 is 0 Å². The first-order valence-corrected chi connectivity index (χ1v) is 15.3. The number of aryl methyl sites for hydroxylation is 2. The number of anilines is 1. The fourth-order valence-electron chi connectivity index (χ4n) is 4.40. The van der Waals surface area contributed by atoms with Gasteiger partial charge in [0.05, 0.1) is 6.54 Å². The molecule has 42 heavy (non-hydrogen) atoms. The summed E-state index contributed by atoms with van der Waals surface area (Å²) < 4.78 is 0. The first kappa shape index (κ1) is 36.1. The molecular weight excluding hydrogens is 516 g/mol. The van der Waals surface area contributed by atoms with Crippen molar-refractivity contribution in [2.75, 3.05) is 38.6 Å². The van der Waals surface area contributed by atoms with E-state index in [1.807, 2.05) is 67.1 Å². The van der Waals surface area contributed by atoms with Crippen LogP contribution in [0.3, 0.4) is 0 Å². The van der Waals surface area contributed by atoms with Crippen molar-refractivity contribution in [1.82, 2.24) is 15.6 Å². The number of benzene rings is 2. The van der Waals surface area contributed by atoms with Crippen molar-refractivity contribution in [1.29, 1.82) is 0 Å². The summed E-state index contributed by atoms with van der Waals surface area (Å²) in [5.74, 6) is 2.13. The zero-order chi connectivity index (χ0) is 31.3. The van der Waals surface area contributed by atoms with Crippen LogP contribution in [0.2, 0.25) is 0 Å². The molecule has 4 rings (SSSR count). The molecule has 3 aromatic rings. The highest BCUT2D eigenvalue weighted by Crippen LogP contribution is 2.31. The molecule has 0 fully saturated rings. The summed E-state index contributed by atoms with van der Waals surface area (Å²) in [6.45, 7) is 19.6. The molecule has 0 atom stereocenters. The molecule has 0 saturated carbocycles. The predicted molar refractivity (Wildman–Crippen MR) is 187 cm³/mol. The number of aromatic nitrogens is 1. The van der Waals surface area contributed by atoms with Gasteiger partial charge in [0.2, 0.25) is 0 Å². The van der Waals surface area contributed by atoms with E-state index in [0.29, 0.717) is 6.54 Å². The Balaban J connectivity index is 0.000000462. The standard InChI is InChI=1S/C22H26N4.C10H16N2.2C2H6/c1-4-24-13-12-18-15-25-22(26-18)20-11-7-9-17(14-23-3)21(20)19-10-6-5-8-16(19)2;1-4-5-8-12(3)10-9(2)6-7-11-10;2*1-2/h5-13,23H,4,14-15H2,1-3H3,(H,25,26);4-7,11H,8H2,1-3H3;2*1-2H3/b18-12+,24-13?;5-4+;;. The largest absolute Gasteiger partial charge is 0.357 e. The van der Waals surface area contributed by atoms with Crippen molar-refractivity contribution in [2.45, 2.75) is 61.9 Å². The Morgan fingerprint density at radius 2 is 1.69 bits per heavy atom. The molecule has 2 aromatic carbocycles. The highest BCUT2D eigenvalue weighted by Gasteiger charge is 2.19. The van der Waals surface area contributed by atoms with Gasteiger partial charge in [-0.05, 0) is 74.7 Å². The smallest absolute Gasteiger partial charge is 0.133 e. The molecule has 0 amide bonds. The first-order chi connectivity index (χ1) is 20.5. The minimum atomic E-state index is 0.661. The van der Waals surface area contributed by atoms with Crippen LogP contribution in [0.5, 0.6) is 0 Å². The Bertz CT molecular complexity index is 1300. The van der Waals surface area contributed by atoms with Crippen LogP contribution < -0.4 is 15.5 Å². The predicted octanol–water partition coefficient (Wildman–Crippen LogP) is 8.09. The van der Waals surface area contributed by atoms with Crippen molar-refractivity contribution in [2.24, 2.45) is 9.98 Å². The van der Waals surface area contributed by atoms with E-state index >= 15 is 0 Å². The minimum absolute atomic E-state index is 0.661. The summed E-state index contributed by atoms with van der Waals surface area (Å²) in [5, 5.41) is 6.75. The summed E-state index contributed by atoms with van der Waals surface area (Å²) in [7, 11) is 4.06. The molecule has 1 aliphatic rings. The van der Waals surface area contributed by atoms with Crippen LogP contribution >= 0.6 is 0 Å². The van der Waals surface area contributed by atoms with E-state index in [-0.39, 0.29) is 0 Å². The van der Waals surface area contributed by atoms with Gasteiger partial charge in [-0.25, -0.2) is 0 Å². The third kappa shape index (κ3) is 10.8. The van der Waals surface area contributed by atoms with Gasteiger partial charge in [0.15, 0.2) is 0 Å². The third-order valence-corrected chi connectivity index (χ3v) is 6.36. The van der Waals surface area contributed by atoms with Gasteiger partial charge in [-0.3, -0.25) is 9.98 Å². The van der Waals surface area contributed by atoms with Gasteiger partial charge < -0.3 is 20.5 Å². The van der Waals surface area contributed by atoms with Crippen LogP contribution in [0.25, 0.3) is 11.1 Å². The van der Waals surface area contributed by atoms with E-state index in [4.69, 9.17) is 4.99 Å². The third-order valence-electron chi connectivity index (χ3n) is 6.36. The lowest BCUT2D eigenvalue weighted by Gasteiger charge is -2.17. The number of amidine groups is 1. The maximum Gasteiger partial charge on any atom is 0.133 e. The molecule has 0 radical (unpaired) electrons. The maximum absolute atomic E-state index is 4.74. The lowest BCUT2D eigenvalue weighted by Crippen LogP contribution is -2.20. The van der Waals surface area contributed by atoms with Crippen LogP contribution in [-0.4, -0.2) is 50.8 Å². The first-order valence-electron chi connectivity index (χ1n) is 15.3. The van der Waals surface area contributed by atoms with Gasteiger partial charge in [0.1, 0.15) is 11.7 Å². The molecule has 6 heteroatoms. The quantitative estimate of drug-likeness (QED) is 0.180. The Morgan fingerprint density at radius 1 is 0.976 bits per heavy atom. The van der Waals surface area contributed by atoms with E-state index < -0.39 is 0 Å². The van der Waals surface area contributed by atoms with Gasteiger partial charge in [-0.2, -0.15) is 0 Å². The zero-order valence-electron chi connectivity index (χ0n) is 27.7. The van der Waals surface area contributed by atoms with Crippen LogP contribution in [-0.2, 0) is 6.54 Å². The number of rotatable bonds is 9. The average Bonchev–Trinajstić information content (AvgIpc) is 3.68. The van der Waals surface area contributed by atoms with Crippen molar-refractivity contribution in [3.05, 3.63) is 101 Å². The fourth-order valence-corrected chi connectivity index (χ4v) is 4.40. The topological polar surface area (TPSA) is 67.8 Å². The van der Waals surface area contributed by atoms with E-state index in [2.05, 4.69) is 107 Å². The van der Waals surface area contributed by atoms with E-state index in [1.54, 1.807) is 0 Å². The van der Waals surface area contributed by atoms with E-state index in [1.165, 1.54) is 33.6 Å². The molecule has 1 aliphatic heterocycles. The average molecular weight is 571 g/mol. The summed E-state index contributed by atoms with van der Waals surface area (Å²) in [5.41, 5.74) is 8.55. The second-order valence-corrected chi connectivity index (χ2v) is 9.27. The lowest BCUT2D eigenvalue weighted by molar-refractivity contribution is 0.819. The molecule has 0 spiro atoms. The molecule has 0 bridgehead atoms. The Labute approximate surface area is 255 Å². The highest BCUT2D eigenvalue weighted by molar-refractivity contribution is 6.07. The number of H-pyrrole nitrogens is 1. The molecule has 228 valence electrons. The number of aliphatic imine (C=N–C) groups is 2. The number of nitrogens with one attached hydrogen (secondary N) is 3. The van der Waals surface area contributed by atoms with Crippen LogP contribution in [0.4, 0.5) is 5.82 Å². The number of allylic oxidation sites excluding steroid dienone is 2. The number of likely N-dealkylation sites (N-methyl/N-ethyl adjacent to an activating group) is 1. The molecule has 6 nitrogen and oxygen atoms in total. The summed E-state index contributed by atoms with van der Waals surface area (Å²) >= 11 is 0. The van der Waals surface area contributed by atoms with Crippen LogP contribution in [0.1, 0.15) is 63.8 Å². The maximum atomic E-state index is 4.74. The molecular formula is C36H54N6. The number of aromatic amines is 1. The van der Waals surface area contributed by atoms with Crippen LogP contribution in [0.15, 0.2) is 88.6 Å². The van der Waals surface area contributed by atoms with Crippen molar-refractivity contribution in [3.63, 3.8) is 0 Å². The van der Waals surface area contributed by atoms with E-state index in [9.17, 15) is 0 Å². The van der Waals surface area contributed by atoms with Gasteiger partial charge in [-0.15, -0.1) is 0 Å². The number of nitrogens with zero attached hydrogens (tertiary/aromatic N) is 3. The number of hydrogen-bond donors (Lipinski definition) is 3. The molecule has 0 aliphatic carbocycles. The van der Waals surface area contributed by atoms with E-state index in [0.717, 1.165) is 36.7 Å². The molecule has 0 unspecified atom stereocenters. The van der Waals surface area contributed by atoms with Gasteiger partial charge in [0, 0.05) is 50.4 Å². The SMILES string of the molecule is C/C=C/CN(C)c1[nH]ccc1C.CC.CC.CCN=C/C=C1\CN=C(c2cccc(CNC)c2-c2ccccc2C)N1. The Hall–Kier alpha value is -3.90. The van der Waals surface area contributed by atoms with Crippen molar-refractivity contribution >= 4 is 17.9 Å². The van der Waals surface area contributed by atoms with Gasteiger partial charge in [-0.1, -0.05) is 82.3 Å². The minimum Gasteiger partial charge on any atom is -0.357 e. The van der Waals surface area contributed by atoms with Crippen molar-refractivity contribution in [3.8, 4) is 11.1 Å². The molecule has 3 N–H and O–H groups in total. The molecule has 2 heterocycles. The summed E-state index contributed by atoms with van der Waals surface area (Å²) in [6.07, 6.45) is 10.0. The monoisotopic (exact) mass is 570 g/mol. The summed E-state index contributed by atoms with van der Waals surface area (Å²) in [6, 6.07) is 17.0. The highest BCUT2D eigenvalue weighted by atomic mass is 15.2. The fraction of sp³-hybridized carbons (Fsp3) is 0.389. The van der Waals surface area contributed by atoms with Crippen molar-refractivity contribution < 1.29 is 0 Å².